The van der Waals surface area contributed by atoms with Crippen molar-refractivity contribution >= 4 is 63.7 Å². The number of carboxylic acid groups (broad SMARTS) is 2. The Hall–Kier alpha value is -5.63. The molecule has 2 heterocycles. The van der Waals surface area contributed by atoms with Gasteiger partial charge < -0.3 is 75.3 Å². The SMILES string of the molecule is C/C=N\N(CC12CC3(C)CC(OCCN(C)C(=O)OCc4ccc(NC(=O)[C@H](C)NC(O)[C@@H](NC(=O)CN5C(=O)[C@@H](NC(=O)CCC(=O)O)C[C@H]5COCCS(=O)(=O)O)C(C)C)cc4CC[C@@H]4O[C@H](C(=O)O)[C@@H](O)[C@H](O)[C@H]4O)(CC1(C)C3)C2)C(C)(C)C. The van der Waals surface area contributed by atoms with Crippen molar-refractivity contribution in [1.82, 2.24) is 30.8 Å². The number of hydrazone groups is 1. The van der Waals surface area contributed by atoms with E-state index in [1.807, 2.05) is 13.1 Å². The summed E-state index contributed by atoms with van der Waals surface area (Å²) in [6, 6.07) is 0.416. The molecule has 14 atom stereocenters. The van der Waals surface area contributed by atoms with Crippen LogP contribution in [0.4, 0.5) is 10.5 Å². The molecule has 0 aromatic heterocycles. The number of likely N-dealkylation sites (tertiary alicyclic amines) is 1. The Labute approximate surface area is 508 Å². The summed E-state index contributed by atoms with van der Waals surface area (Å²) in [6.07, 6.45) is -5.07. The largest absolute Gasteiger partial charge is 0.481 e. The first-order valence-corrected chi connectivity index (χ1v) is 31.2. The van der Waals surface area contributed by atoms with Crippen LogP contribution in [0.3, 0.4) is 0 Å². The van der Waals surface area contributed by atoms with Crippen LogP contribution in [-0.4, -0.2) is 231 Å². The number of aryl methyl sites for hydroxylation is 1. The number of hydrogen-bond acceptors (Lipinski definition) is 20. The fraction of sp³-hybridized carbons (Fsp3) is 0.759. The molecule has 6 aliphatic rings. The van der Waals surface area contributed by atoms with Crippen LogP contribution in [0.25, 0.3) is 0 Å². The minimum absolute atomic E-state index is 0.00871. The van der Waals surface area contributed by atoms with Gasteiger partial charge in [0.1, 0.15) is 37.2 Å². The summed E-state index contributed by atoms with van der Waals surface area (Å²) >= 11 is 0. The maximum atomic E-state index is 13.8. The molecule has 5 amide bonds. The van der Waals surface area contributed by atoms with E-state index in [1.54, 1.807) is 39.1 Å². The van der Waals surface area contributed by atoms with Crippen LogP contribution in [-0.2, 0) is 70.9 Å². The van der Waals surface area contributed by atoms with E-state index in [0.717, 1.165) is 43.5 Å². The van der Waals surface area contributed by atoms with E-state index in [-0.39, 0.29) is 78.7 Å². The van der Waals surface area contributed by atoms with Crippen LogP contribution in [0.1, 0.15) is 131 Å². The highest BCUT2D eigenvalue weighted by molar-refractivity contribution is 7.85. The zero-order valence-corrected chi connectivity index (χ0v) is 52.3. The molecular weight excluding hydrogens is 1160 g/mol. The van der Waals surface area contributed by atoms with Crippen molar-refractivity contribution in [3.63, 3.8) is 0 Å². The van der Waals surface area contributed by atoms with E-state index in [9.17, 15) is 67.5 Å². The molecule has 11 N–H and O–H groups in total. The van der Waals surface area contributed by atoms with E-state index >= 15 is 0 Å². The Morgan fingerprint density at radius 2 is 1.64 bits per heavy atom. The molecule has 87 heavy (non-hydrogen) atoms. The summed E-state index contributed by atoms with van der Waals surface area (Å²) in [5.41, 5.74) is 0.812. The third kappa shape index (κ3) is 17.8. The number of benzene rings is 1. The highest BCUT2D eigenvalue weighted by Crippen LogP contribution is 2.78. The Morgan fingerprint density at radius 1 is 0.943 bits per heavy atom. The Balaban J connectivity index is 1.09. The molecule has 4 saturated carbocycles. The highest BCUT2D eigenvalue weighted by Gasteiger charge is 2.74. The molecule has 7 rings (SSSR count). The normalized spacial score (nSPS) is 29.7. The van der Waals surface area contributed by atoms with Crippen LogP contribution in [0, 0.1) is 22.2 Å². The molecule has 29 heteroatoms. The molecular formula is C58H92N8O20S. The van der Waals surface area contributed by atoms with Crippen molar-refractivity contribution < 1.29 is 96.1 Å². The molecule has 490 valence electrons. The number of carboxylic acids is 2. The fourth-order valence-corrected chi connectivity index (χ4v) is 14.3. The van der Waals surface area contributed by atoms with E-state index in [1.165, 1.54) is 11.8 Å². The second-order valence-electron chi connectivity index (χ2n) is 26.5. The van der Waals surface area contributed by atoms with Gasteiger partial charge in [-0.25, -0.2) is 9.59 Å². The predicted molar refractivity (Wildman–Crippen MR) is 313 cm³/mol. The molecule has 2 aliphatic heterocycles. The topological polar surface area (TPSA) is 402 Å². The molecule has 1 aromatic rings. The number of hydrogen-bond donors (Lipinski definition) is 11. The Morgan fingerprint density at radius 3 is 2.28 bits per heavy atom. The molecule has 5 unspecified atom stereocenters. The monoisotopic (exact) mass is 1250 g/mol. The molecule has 4 aliphatic carbocycles. The minimum Gasteiger partial charge on any atom is -0.481 e. The Kier molecular flexibility index (Phi) is 23.1. The molecule has 0 spiro atoms. The van der Waals surface area contributed by atoms with Gasteiger partial charge >= 0.3 is 18.0 Å². The number of nitrogens with one attached hydrogen (secondary N) is 4. The number of rotatable bonds is 31. The number of anilines is 1. The average molecular weight is 1250 g/mol. The van der Waals surface area contributed by atoms with Gasteiger partial charge in [-0.2, -0.15) is 13.5 Å². The van der Waals surface area contributed by atoms with Crippen LogP contribution < -0.4 is 21.3 Å². The molecule has 6 fully saturated rings. The second kappa shape index (κ2) is 28.5. The smallest absolute Gasteiger partial charge is 0.409 e. The van der Waals surface area contributed by atoms with Gasteiger partial charge in [0, 0.05) is 44.0 Å². The van der Waals surface area contributed by atoms with Gasteiger partial charge in [0.2, 0.25) is 23.6 Å². The van der Waals surface area contributed by atoms with Gasteiger partial charge in [0.05, 0.1) is 68.4 Å². The van der Waals surface area contributed by atoms with Crippen molar-refractivity contribution in [3.05, 3.63) is 29.3 Å². The Bertz CT molecular complexity index is 2810. The van der Waals surface area contributed by atoms with Gasteiger partial charge in [-0.3, -0.25) is 38.9 Å². The van der Waals surface area contributed by atoms with Crippen LogP contribution >= 0.6 is 0 Å². The van der Waals surface area contributed by atoms with E-state index < -0.39 is 150 Å². The average Bonchev–Trinajstić information content (AvgIpc) is 1.51. The first kappa shape index (κ1) is 70.5. The minimum atomic E-state index is -4.39. The molecule has 2 saturated heterocycles. The van der Waals surface area contributed by atoms with E-state index in [0.29, 0.717) is 11.1 Å². The number of aliphatic hydroxyl groups excluding tert-OH is 4. The predicted octanol–water partition coefficient (Wildman–Crippen LogP) is 1.20. The lowest BCUT2D eigenvalue weighted by Gasteiger charge is -2.48. The third-order valence-electron chi connectivity index (χ3n) is 17.8. The van der Waals surface area contributed by atoms with E-state index in [2.05, 4.69) is 60.9 Å². The summed E-state index contributed by atoms with van der Waals surface area (Å²) in [6.45, 7) is 17.7. The van der Waals surface area contributed by atoms with E-state index in [4.69, 9.17) is 33.7 Å². The lowest BCUT2D eigenvalue weighted by molar-refractivity contribution is -0.228. The summed E-state index contributed by atoms with van der Waals surface area (Å²) in [5, 5.41) is 79.5. The van der Waals surface area contributed by atoms with Gasteiger partial charge in [-0.15, -0.1) is 0 Å². The first-order valence-electron chi connectivity index (χ1n) is 29.6. The van der Waals surface area contributed by atoms with Crippen molar-refractivity contribution in [3.8, 4) is 0 Å². The molecule has 0 radical (unpaired) electrons. The number of amides is 5. The number of ether oxygens (including phenoxy) is 4. The van der Waals surface area contributed by atoms with Crippen LogP contribution in [0.2, 0.25) is 0 Å². The van der Waals surface area contributed by atoms with Crippen molar-refractivity contribution in [2.45, 2.75) is 205 Å². The summed E-state index contributed by atoms with van der Waals surface area (Å²) in [7, 11) is -2.78. The summed E-state index contributed by atoms with van der Waals surface area (Å²) < 4.78 is 55.2. The van der Waals surface area contributed by atoms with Gasteiger partial charge in [0.25, 0.3) is 10.1 Å². The number of carbonyl (C=O) groups excluding carboxylic acids is 5. The van der Waals surface area contributed by atoms with Crippen molar-refractivity contribution in [2.75, 3.05) is 57.6 Å². The zero-order valence-electron chi connectivity index (χ0n) is 51.5. The summed E-state index contributed by atoms with van der Waals surface area (Å²) in [5.74, 6) is -6.91. The van der Waals surface area contributed by atoms with Crippen LogP contribution in [0.15, 0.2) is 23.3 Å². The van der Waals surface area contributed by atoms with Crippen molar-refractivity contribution in [1.29, 1.82) is 0 Å². The fourth-order valence-electron chi connectivity index (χ4n) is 13.9. The van der Waals surface area contributed by atoms with Gasteiger partial charge in [-0.1, -0.05) is 33.8 Å². The first-order chi connectivity index (χ1) is 40.4. The van der Waals surface area contributed by atoms with Gasteiger partial charge in [-0.05, 0) is 131 Å². The maximum absolute atomic E-state index is 13.8. The quantitative estimate of drug-likeness (QED) is 0.0164. The lowest BCUT2D eigenvalue weighted by Crippen LogP contribution is -2.59. The van der Waals surface area contributed by atoms with Gasteiger partial charge in [0.15, 0.2) is 6.10 Å². The molecule has 28 nitrogen and oxygen atoms in total. The number of likely N-dealkylation sites (N-methyl/N-ethyl adjacent to an activating group) is 1. The number of aliphatic hydroxyl groups is 4. The standard InChI is InChI=1S/C58H92N8O20S/c1-11-59-66(54(5,6)7)32-57-28-55(8)27-56(57,9)30-58(29-55,31-57)85-19-18-64(10)53(79)84-25-36-12-14-37(22-35(36)13-15-40-45(71)46(72)47(73)48(86-40)52(77)78)61-49(74)34(4)60-50(75)44(33(2)3)63-42(68)24-65-38(26-83-20-21-87(80,81)82)23-39(51(65)76)62-41(67)16-17-43(69)70/h11-12,14,22,33-34,38-40,44-48,50,60,71-73,75H,13,15-21,23-32H2,1-10H3,(H,61,74)(H,62,67)(H,63,68)(H,69,70)(H,77,78)(H,80,81,82)/b59-11-/t34-,38-,39-,40-,44-,45-,46+,47-,48-,50?,55?,56?,57?,58?/m0/s1. The third-order valence-corrected chi connectivity index (χ3v) is 18.5. The van der Waals surface area contributed by atoms with Crippen LogP contribution in [0.5, 0.6) is 0 Å². The molecule has 1 aromatic carbocycles. The highest BCUT2D eigenvalue weighted by atomic mass is 32.2. The summed E-state index contributed by atoms with van der Waals surface area (Å²) in [4.78, 5) is 92.6. The maximum Gasteiger partial charge on any atom is 0.409 e. The molecule has 4 bridgehead atoms. The lowest BCUT2D eigenvalue weighted by atomic mass is 9.65. The van der Waals surface area contributed by atoms with Crippen molar-refractivity contribution in [2.24, 2.45) is 27.3 Å². The number of carbonyl (C=O) groups is 7. The number of nitrogens with zero attached hydrogens (tertiary/aromatic N) is 4. The second-order valence-corrected chi connectivity index (χ2v) is 28.0. The number of aliphatic carboxylic acids is 2. The zero-order chi connectivity index (χ0) is 64.8.